The normalized spacial score (nSPS) is 20.9. The molecule has 1 amide bonds. The summed E-state index contributed by atoms with van der Waals surface area (Å²) in [4.78, 5) is 19.6. The molecular weight excluding hydrogens is 194 g/mol. The number of aromatic nitrogens is 2. The molecule has 80 valence electrons. The molecule has 0 aliphatic carbocycles. The number of ether oxygens (including phenoxy) is 1. The molecule has 1 fully saturated rings. The van der Waals surface area contributed by atoms with E-state index in [0.29, 0.717) is 12.4 Å². The van der Waals surface area contributed by atoms with E-state index >= 15 is 0 Å². The van der Waals surface area contributed by atoms with E-state index in [2.05, 4.69) is 15.3 Å². The van der Waals surface area contributed by atoms with Crippen molar-refractivity contribution in [2.75, 3.05) is 18.5 Å². The first kappa shape index (κ1) is 10.0. The molecule has 5 nitrogen and oxygen atoms in total. The largest absolute Gasteiger partial charge is 0.381 e. The second-order valence-corrected chi connectivity index (χ2v) is 3.49. The third-order valence-electron chi connectivity index (χ3n) is 2.35. The van der Waals surface area contributed by atoms with Crippen LogP contribution in [0.4, 0.5) is 5.82 Å². The van der Waals surface area contributed by atoms with Gasteiger partial charge in [0.1, 0.15) is 0 Å². The molecule has 1 aromatic heterocycles. The molecule has 0 bridgehead atoms. The molecule has 0 saturated carbocycles. The number of carbonyl (C=O) groups is 1. The maximum Gasteiger partial charge on any atom is 0.231 e. The Balaban J connectivity index is 1.91. The van der Waals surface area contributed by atoms with Crippen LogP contribution >= 0.6 is 0 Å². The van der Waals surface area contributed by atoms with Crippen molar-refractivity contribution in [1.29, 1.82) is 0 Å². The fourth-order valence-corrected chi connectivity index (χ4v) is 1.54. The minimum Gasteiger partial charge on any atom is -0.381 e. The van der Waals surface area contributed by atoms with Gasteiger partial charge in [-0.2, -0.15) is 0 Å². The number of anilines is 1. The number of nitrogens with one attached hydrogen (secondary N) is 1. The highest BCUT2D eigenvalue weighted by Gasteiger charge is 2.21. The van der Waals surface area contributed by atoms with Crippen LogP contribution in [0, 0.1) is 5.92 Å². The molecule has 1 N–H and O–H groups in total. The van der Waals surface area contributed by atoms with Crippen LogP contribution in [0.1, 0.15) is 12.8 Å². The zero-order chi connectivity index (χ0) is 10.5. The van der Waals surface area contributed by atoms with Gasteiger partial charge in [-0.1, -0.05) is 0 Å². The highest BCUT2D eigenvalue weighted by molar-refractivity contribution is 5.91. The molecular formula is C10H13N3O2. The molecule has 1 aliphatic rings. The van der Waals surface area contributed by atoms with Gasteiger partial charge in [0, 0.05) is 19.0 Å². The summed E-state index contributed by atoms with van der Waals surface area (Å²) in [6.45, 7) is 1.26. The smallest absolute Gasteiger partial charge is 0.231 e. The third-order valence-corrected chi connectivity index (χ3v) is 2.35. The van der Waals surface area contributed by atoms with Gasteiger partial charge in [-0.25, -0.2) is 4.98 Å². The van der Waals surface area contributed by atoms with Crippen molar-refractivity contribution in [3.05, 3.63) is 18.6 Å². The standard InChI is InChI=1S/C10H13N3O2/c14-10(8-2-1-5-15-7-8)13-9-6-11-3-4-12-9/h3-4,6,8H,1-2,5,7H2,(H,12,13,14). The van der Waals surface area contributed by atoms with Gasteiger partial charge in [0.15, 0.2) is 5.82 Å². The van der Waals surface area contributed by atoms with Gasteiger partial charge in [0.2, 0.25) is 5.91 Å². The van der Waals surface area contributed by atoms with Gasteiger partial charge in [0.05, 0.1) is 18.7 Å². The Morgan fingerprint density at radius 2 is 2.47 bits per heavy atom. The van der Waals surface area contributed by atoms with Crippen LogP contribution in [-0.2, 0) is 9.53 Å². The highest BCUT2D eigenvalue weighted by Crippen LogP contribution is 2.15. The van der Waals surface area contributed by atoms with E-state index in [1.165, 1.54) is 6.20 Å². The number of rotatable bonds is 2. The maximum atomic E-state index is 11.7. The third kappa shape index (κ3) is 2.73. The predicted octanol–water partition coefficient (Wildman–Crippen LogP) is 0.842. The van der Waals surface area contributed by atoms with Crippen LogP contribution in [0.25, 0.3) is 0 Å². The predicted molar refractivity (Wildman–Crippen MR) is 54.2 cm³/mol. The molecule has 5 heteroatoms. The van der Waals surface area contributed by atoms with Crippen LogP contribution in [-0.4, -0.2) is 29.1 Å². The molecule has 1 unspecified atom stereocenters. The molecule has 15 heavy (non-hydrogen) atoms. The Bertz CT molecular complexity index is 323. The lowest BCUT2D eigenvalue weighted by Gasteiger charge is -2.20. The van der Waals surface area contributed by atoms with Crippen LogP contribution in [0.3, 0.4) is 0 Å². The van der Waals surface area contributed by atoms with Crippen molar-refractivity contribution in [3.8, 4) is 0 Å². The van der Waals surface area contributed by atoms with E-state index in [0.717, 1.165) is 19.4 Å². The molecule has 1 atom stereocenters. The van der Waals surface area contributed by atoms with Crippen molar-refractivity contribution < 1.29 is 9.53 Å². The van der Waals surface area contributed by atoms with E-state index in [1.807, 2.05) is 0 Å². The van der Waals surface area contributed by atoms with Crippen LogP contribution in [0.15, 0.2) is 18.6 Å². The van der Waals surface area contributed by atoms with E-state index in [1.54, 1.807) is 12.4 Å². The van der Waals surface area contributed by atoms with Crippen molar-refractivity contribution in [3.63, 3.8) is 0 Å². The average molecular weight is 207 g/mol. The van der Waals surface area contributed by atoms with Gasteiger partial charge in [-0.15, -0.1) is 0 Å². The topological polar surface area (TPSA) is 64.1 Å². The molecule has 2 rings (SSSR count). The lowest BCUT2D eigenvalue weighted by atomic mass is 10.0. The van der Waals surface area contributed by atoms with E-state index < -0.39 is 0 Å². The fraction of sp³-hybridized carbons (Fsp3) is 0.500. The van der Waals surface area contributed by atoms with Gasteiger partial charge in [-0.05, 0) is 12.8 Å². The van der Waals surface area contributed by atoms with Crippen molar-refractivity contribution in [1.82, 2.24) is 9.97 Å². The summed E-state index contributed by atoms with van der Waals surface area (Å²) in [5.41, 5.74) is 0. The van der Waals surface area contributed by atoms with Crippen molar-refractivity contribution in [2.45, 2.75) is 12.8 Å². The Morgan fingerprint density at radius 1 is 1.53 bits per heavy atom. The maximum absolute atomic E-state index is 11.7. The van der Waals surface area contributed by atoms with Crippen LogP contribution in [0.5, 0.6) is 0 Å². The lowest BCUT2D eigenvalue weighted by Crippen LogP contribution is -2.30. The Kier molecular flexibility index (Phi) is 3.24. The number of hydrogen-bond donors (Lipinski definition) is 1. The van der Waals surface area contributed by atoms with Crippen LogP contribution in [0.2, 0.25) is 0 Å². The molecule has 0 spiro atoms. The fourth-order valence-electron chi connectivity index (χ4n) is 1.54. The molecule has 1 aromatic rings. The second-order valence-electron chi connectivity index (χ2n) is 3.49. The Labute approximate surface area is 87.9 Å². The number of carbonyl (C=O) groups excluding carboxylic acids is 1. The lowest BCUT2D eigenvalue weighted by molar-refractivity contribution is -0.123. The summed E-state index contributed by atoms with van der Waals surface area (Å²) in [5, 5.41) is 2.72. The SMILES string of the molecule is O=C(Nc1cnccn1)C1CCCOC1. The summed E-state index contributed by atoms with van der Waals surface area (Å²) < 4.78 is 5.24. The van der Waals surface area contributed by atoms with E-state index in [9.17, 15) is 4.79 Å². The van der Waals surface area contributed by atoms with Gasteiger partial charge in [0.25, 0.3) is 0 Å². The Morgan fingerprint density at radius 3 is 3.13 bits per heavy atom. The first-order valence-corrected chi connectivity index (χ1v) is 5.01. The summed E-state index contributed by atoms with van der Waals surface area (Å²) in [6.07, 6.45) is 6.47. The van der Waals surface area contributed by atoms with Gasteiger partial charge >= 0.3 is 0 Å². The zero-order valence-corrected chi connectivity index (χ0v) is 8.35. The number of hydrogen-bond acceptors (Lipinski definition) is 4. The highest BCUT2D eigenvalue weighted by atomic mass is 16.5. The first-order valence-electron chi connectivity index (χ1n) is 5.01. The summed E-state index contributed by atoms with van der Waals surface area (Å²) in [5.74, 6) is 0.407. The second kappa shape index (κ2) is 4.84. The van der Waals surface area contributed by atoms with Gasteiger partial charge in [-0.3, -0.25) is 9.78 Å². The monoisotopic (exact) mass is 207 g/mol. The molecule has 1 aliphatic heterocycles. The minimum atomic E-state index is -0.0549. The van der Waals surface area contributed by atoms with E-state index in [4.69, 9.17) is 4.74 Å². The molecule has 2 heterocycles. The summed E-state index contributed by atoms with van der Waals surface area (Å²) >= 11 is 0. The van der Waals surface area contributed by atoms with Gasteiger partial charge < -0.3 is 10.1 Å². The first-order chi connectivity index (χ1) is 7.36. The number of nitrogens with zero attached hydrogens (tertiary/aromatic N) is 2. The minimum absolute atomic E-state index is 0.0322. The quantitative estimate of drug-likeness (QED) is 0.780. The van der Waals surface area contributed by atoms with Crippen molar-refractivity contribution in [2.24, 2.45) is 5.92 Å². The number of amides is 1. The summed E-state index contributed by atoms with van der Waals surface area (Å²) in [6, 6.07) is 0. The molecule has 1 saturated heterocycles. The zero-order valence-electron chi connectivity index (χ0n) is 8.35. The molecule has 0 radical (unpaired) electrons. The average Bonchev–Trinajstić information content (AvgIpc) is 2.31. The van der Waals surface area contributed by atoms with E-state index in [-0.39, 0.29) is 11.8 Å². The molecule has 0 aromatic carbocycles. The van der Waals surface area contributed by atoms with Crippen molar-refractivity contribution >= 4 is 11.7 Å². The Hall–Kier alpha value is -1.49. The van der Waals surface area contributed by atoms with Crippen LogP contribution < -0.4 is 5.32 Å². The summed E-state index contributed by atoms with van der Waals surface area (Å²) in [7, 11) is 0.